The first kappa shape index (κ1) is 15.8. The Hall–Kier alpha value is -1.73. The Morgan fingerprint density at radius 3 is 3.12 bits per heavy atom. The zero-order valence-corrected chi connectivity index (χ0v) is 14.0. The topological polar surface area (TPSA) is 57.1 Å². The van der Waals surface area contributed by atoms with E-state index in [0.29, 0.717) is 12.1 Å². The van der Waals surface area contributed by atoms with Crippen LogP contribution in [-0.2, 0) is 13.1 Å². The van der Waals surface area contributed by atoms with Crippen LogP contribution in [0.5, 0.6) is 0 Å². The average molecular weight is 326 g/mol. The zero-order chi connectivity index (χ0) is 16.2. The minimum atomic E-state index is 0.542. The SMILES string of the molecule is c1cc(CNCC2CNC3CCNN3C2)cc(Cn2cccn2)c1. The van der Waals surface area contributed by atoms with Crippen molar-refractivity contribution in [3.63, 3.8) is 0 Å². The highest BCUT2D eigenvalue weighted by Crippen LogP contribution is 2.14. The van der Waals surface area contributed by atoms with E-state index in [1.54, 1.807) is 0 Å². The monoisotopic (exact) mass is 326 g/mol. The van der Waals surface area contributed by atoms with Crippen LogP contribution in [0.4, 0.5) is 0 Å². The summed E-state index contributed by atoms with van der Waals surface area (Å²) in [6.45, 7) is 6.12. The van der Waals surface area contributed by atoms with Gasteiger partial charge in [0.2, 0.25) is 0 Å². The van der Waals surface area contributed by atoms with Gasteiger partial charge >= 0.3 is 0 Å². The Morgan fingerprint density at radius 1 is 1.25 bits per heavy atom. The summed E-state index contributed by atoms with van der Waals surface area (Å²) in [6, 6.07) is 10.7. The molecule has 0 bridgehead atoms. The Kier molecular flexibility index (Phi) is 4.89. The number of nitrogens with one attached hydrogen (secondary N) is 3. The molecular weight excluding hydrogens is 300 g/mol. The molecule has 3 heterocycles. The van der Waals surface area contributed by atoms with E-state index >= 15 is 0 Å². The summed E-state index contributed by atoms with van der Waals surface area (Å²) in [7, 11) is 0. The van der Waals surface area contributed by atoms with Crippen LogP contribution in [0.3, 0.4) is 0 Å². The van der Waals surface area contributed by atoms with E-state index in [-0.39, 0.29) is 0 Å². The predicted octanol–water partition coefficient (Wildman–Crippen LogP) is 0.777. The molecule has 2 fully saturated rings. The van der Waals surface area contributed by atoms with Crippen molar-refractivity contribution in [2.75, 3.05) is 26.2 Å². The fourth-order valence-electron chi connectivity index (χ4n) is 3.64. The van der Waals surface area contributed by atoms with Crippen molar-refractivity contribution in [2.24, 2.45) is 5.92 Å². The second-order valence-electron chi connectivity index (χ2n) is 6.79. The maximum atomic E-state index is 4.27. The molecule has 2 atom stereocenters. The van der Waals surface area contributed by atoms with Crippen molar-refractivity contribution in [3.05, 3.63) is 53.9 Å². The lowest BCUT2D eigenvalue weighted by molar-refractivity contribution is 0.0904. The minimum Gasteiger partial charge on any atom is -0.312 e. The van der Waals surface area contributed by atoms with Crippen LogP contribution in [0.2, 0.25) is 0 Å². The van der Waals surface area contributed by atoms with E-state index < -0.39 is 0 Å². The Morgan fingerprint density at radius 2 is 2.21 bits per heavy atom. The molecule has 0 aliphatic carbocycles. The van der Waals surface area contributed by atoms with Gasteiger partial charge in [0.1, 0.15) is 0 Å². The molecule has 1 aromatic carbocycles. The molecule has 4 rings (SSSR count). The van der Waals surface area contributed by atoms with Crippen LogP contribution < -0.4 is 16.1 Å². The Balaban J connectivity index is 1.25. The van der Waals surface area contributed by atoms with Crippen molar-refractivity contribution in [2.45, 2.75) is 25.7 Å². The Bertz CT molecular complexity index is 641. The second kappa shape index (κ2) is 7.44. The number of hydrogen-bond donors (Lipinski definition) is 3. The summed E-state index contributed by atoms with van der Waals surface area (Å²) in [5, 5.41) is 13.9. The first-order valence-electron chi connectivity index (χ1n) is 8.86. The third-order valence-corrected chi connectivity index (χ3v) is 4.86. The first-order chi connectivity index (χ1) is 11.9. The fraction of sp³-hybridized carbons (Fsp3) is 0.500. The van der Waals surface area contributed by atoms with Gasteiger partial charge in [0.05, 0.1) is 12.7 Å². The van der Waals surface area contributed by atoms with Crippen molar-refractivity contribution >= 4 is 0 Å². The largest absolute Gasteiger partial charge is 0.312 e. The summed E-state index contributed by atoms with van der Waals surface area (Å²) in [5.74, 6) is 0.652. The lowest BCUT2D eigenvalue weighted by Crippen LogP contribution is -2.56. The van der Waals surface area contributed by atoms with E-state index in [1.807, 2.05) is 23.1 Å². The zero-order valence-electron chi connectivity index (χ0n) is 14.0. The summed E-state index contributed by atoms with van der Waals surface area (Å²) in [4.78, 5) is 0. The highest BCUT2D eigenvalue weighted by atomic mass is 15.6. The maximum Gasteiger partial charge on any atom is 0.0745 e. The van der Waals surface area contributed by atoms with Crippen LogP contribution in [0, 0.1) is 5.92 Å². The van der Waals surface area contributed by atoms with Crippen molar-refractivity contribution in [3.8, 4) is 0 Å². The smallest absolute Gasteiger partial charge is 0.0745 e. The van der Waals surface area contributed by atoms with Crippen LogP contribution in [0.25, 0.3) is 0 Å². The molecule has 2 aliphatic heterocycles. The molecule has 2 unspecified atom stereocenters. The molecule has 2 aliphatic rings. The van der Waals surface area contributed by atoms with Crippen molar-refractivity contribution in [1.82, 2.24) is 30.8 Å². The van der Waals surface area contributed by atoms with Gasteiger partial charge in [-0.25, -0.2) is 5.01 Å². The Labute approximate surface area is 143 Å². The predicted molar refractivity (Wildman–Crippen MR) is 94.1 cm³/mol. The van der Waals surface area contributed by atoms with Crippen molar-refractivity contribution < 1.29 is 0 Å². The summed E-state index contributed by atoms with van der Waals surface area (Å²) in [6.07, 6.45) is 5.58. The molecule has 0 spiro atoms. The molecular formula is C18H26N6. The molecule has 2 saturated heterocycles. The molecule has 2 aromatic rings. The first-order valence-corrected chi connectivity index (χ1v) is 8.86. The molecule has 6 nitrogen and oxygen atoms in total. The number of rotatable bonds is 6. The van der Waals surface area contributed by atoms with Gasteiger partial charge in [-0.3, -0.25) is 10.1 Å². The van der Waals surface area contributed by atoms with Gasteiger partial charge in [0.25, 0.3) is 0 Å². The molecule has 24 heavy (non-hydrogen) atoms. The highest BCUT2D eigenvalue weighted by molar-refractivity contribution is 5.23. The lowest BCUT2D eigenvalue weighted by atomic mass is 10.1. The fourth-order valence-corrected chi connectivity index (χ4v) is 3.64. The highest BCUT2D eigenvalue weighted by Gasteiger charge is 2.30. The molecule has 128 valence electrons. The molecule has 1 aromatic heterocycles. The second-order valence-corrected chi connectivity index (χ2v) is 6.79. The van der Waals surface area contributed by atoms with Gasteiger partial charge in [0.15, 0.2) is 0 Å². The number of aromatic nitrogens is 2. The molecule has 0 amide bonds. The molecule has 0 saturated carbocycles. The number of hydrazine groups is 1. The molecule has 6 heteroatoms. The summed E-state index contributed by atoms with van der Waals surface area (Å²) >= 11 is 0. The molecule has 0 radical (unpaired) electrons. The minimum absolute atomic E-state index is 0.542. The quantitative estimate of drug-likeness (QED) is 0.732. The van der Waals surface area contributed by atoms with Crippen LogP contribution in [0.1, 0.15) is 17.5 Å². The van der Waals surface area contributed by atoms with Gasteiger partial charge in [0, 0.05) is 45.1 Å². The number of hydrogen-bond acceptors (Lipinski definition) is 5. The summed E-state index contributed by atoms with van der Waals surface area (Å²) < 4.78 is 1.96. The van der Waals surface area contributed by atoms with Crippen molar-refractivity contribution in [1.29, 1.82) is 0 Å². The van der Waals surface area contributed by atoms with Gasteiger partial charge < -0.3 is 10.6 Å². The average Bonchev–Trinajstić information content (AvgIpc) is 3.26. The lowest BCUT2D eigenvalue weighted by Gasteiger charge is -2.35. The molecule has 3 N–H and O–H groups in total. The number of nitrogens with zero attached hydrogens (tertiary/aromatic N) is 3. The third-order valence-electron chi connectivity index (χ3n) is 4.86. The van der Waals surface area contributed by atoms with Gasteiger partial charge in [-0.1, -0.05) is 24.3 Å². The summed E-state index contributed by atoms with van der Waals surface area (Å²) in [5.41, 5.74) is 6.09. The normalized spacial score (nSPS) is 24.2. The number of fused-ring (bicyclic) bond motifs is 1. The van der Waals surface area contributed by atoms with Gasteiger partial charge in [-0.2, -0.15) is 5.10 Å². The maximum absolute atomic E-state index is 4.27. The van der Waals surface area contributed by atoms with E-state index in [4.69, 9.17) is 0 Å². The van der Waals surface area contributed by atoms with Crippen LogP contribution in [0.15, 0.2) is 42.7 Å². The van der Waals surface area contributed by atoms with E-state index in [1.165, 1.54) is 17.5 Å². The number of benzene rings is 1. The van der Waals surface area contributed by atoms with E-state index in [9.17, 15) is 0 Å². The van der Waals surface area contributed by atoms with E-state index in [0.717, 1.165) is 39.3 Å². The van der Waals surface area contributed by atoms with Gasteiger partial charge in [-0.05, 0) is 29.5 Å². The van der Waals surface area contributed by atoms with Crippen LogP contribution in [-0.4, -0.2) is 47.1 Å². The standard InChI is InChI=1S/C18H26N6/c1-3-15(9-16(4-1)13-23-8-2-6-21-23)10-19-11-17-12-20-18-5-7-22-24(18)14-17/h1-4,6,8-9,17-20,22H,5,7,10-14H2. The van der Waals surface area contributed by atoms with Gasteiger partial charge in [-0.15, -0.1) is 0 Å². The third kappa shape index (κ3) is 3.84. The van der Waals surface area contributed by atoms with Crippen LogP contribution >= 0.6 is 0 Å². The van der Waals surface area contributed by atoms with E-state index in [2.05, 4.69) is 50.4 Å².